The number of carbonyl (C=O) groups excluding carboxylic acids is 1. The van der Waals surface area contributed by atoms with Crippen LogP contribution in [0.2, 0.25) is 0 Å². The fourth-order valence-corrected chi connectivity index (χ4v) is 2.62. The summed E-state index contributed by atoms with van der Waals surface area (Å²) in [5.74, 6) is 0.478. The second-order valence-corrected chi connectivity index (χ2v) is 6.51. The Morgan fingerprint density at radius 1 is 1.45 bits per heavy atom. The van der Waals surface area contributed by atoms with E-state index in [0.717, 1.165) is 0 Å². The third-order valence-corrected chi connectivity index (χ3v) is 4.61. The molecule has 0 aliphatic heterocycles. The van der Waals surface area contributed by atoms with E-state index in [9.17, 15) is 4.79 Å². The van der Waals surface area contributed by atoms with Gasteiger partial charge in [-0.25, -0.2) is 9.67 Å². The van der Waals surface area contributed by atoms with Crippen LogP contribution in [0.15, 0.2) is 36.8 Å². The van der Waals surface area contributed by atoms with Crippen molar-refractivity contribution >= 4 is 34.8 Å². The minimum Gasteiger partial charge on any atom is -0.324 e. The Bertz CT molecular complexity index is 639. The molecule has 0 saturated heterocycles. The molecule has 5 nitrogen and oxygen atoms in total. The van der Waals surface area contributed by atoms with Crippen LogP contribution in [0.5, 0.6) is 0 Å². The van der Waals surface area contributed by atoms with Gasteiger partial charge in [-0.3, -0.25) is 4.79 Å². The maximum Gasteiger partial charge on any atom is 0.233 e. The second-order valence-electron chi connectivity index (χ2n) is 5.02. The summed E-state index contributed by atoms with van der Waals surface area (Å²) in [4.78, 5) is 16.3. The molecule has 1 aliphatic carbocycles. The van der Waals surface area contributed by atoms with Crippen molar-refractivity contribution in [2.45, 2.75) is 17.7 Å². The molecule has 0 unspecified atom stereocenters. The number of carbonyl (C=O) groups is 1. The lowest BCUT2D eigenvalue weighted by Crippen LogP contribution is -2.26. The van der Waals surface area contributed by atoms with Crippen molar-refractivity contribution < 1.29 is 4.79 Å². The van der Waals surface area contributed by atoms with Crippen LogP contribution in [0.4, 0.5) is 5.69 Å². The van der Waals surface area contributed by atoms with Crippen LogP contribution in [0, 0.1) is 5.41 Å². The van der Waals surface area contributed by atoms with Gasteiger partial charge in [-0.05, 0) is 31.5 Å². The van der Waals surface area contributed by atoms with E-state index < -0.39 is 9.75 Å². The number of amides is 1. The topological polar surface area (TPSA) is 59.8 Å². The highest BCUT2D eigenvalue weighted by atomic mass is 35.5. The predicted molar refractivity (Wildman–Crippen MR) is 77.1 cm³/mol. The molecular formula is C13H12Cl2N4O. The summed E-state index contributed by atoms with van der Waals surface area (Å²) in [6.07, 6.45) is 5.49. The van der Waals surface area contributed by atoms with Crippen molar-refractivity contribution in [1.29, 1.82) is 0 Å². The van der Waals surface area contributed by atoms with Crippen LogP contribution in [-0.4, -0.2) is 25.0 Å². The van der Waals surface area contributed by atoms with Gasteiger partial charge >= 0.3 is 0 Å². The molecule has 1 amide bonds. The van der Waals surface area contributed by atoms with Crippen LogP contribution in [0.25, 0.3) is 5.82 Å². The number of pyridine rings is 1. The highest BCUT2D eigenvalue weighted by Gasteiger charge is 2.67. The van der Waals surface area contributed by atoms with Crippen LogP contribution >= 0.6 is 23.2 Å². The standard InChI is InChI=1S/C13H12Cl2N4O/c1-12(8-13(12,14)15)11(20)18-9-3-4-10(16-7-9)19-6-2-5-17-19/h2-7H,8H2,1H3,(H,18,20)/t12-/m0/s1. The van der Waals surface area contributed by atoms with Crippen molar-refractivity contribution in [1.82, 2.24) is 14.8 Å². The fourth-order valence-electron chi connectivity index (χ4n) is 1.92. The Morgan fingerprint density at radius 2 is 2.20 bits per heavy atom. The lowest BCUT2D eigenvalue weighted by molar-refractivity contribution is -0.120. The molecule has 1 atom stereocenters. The number of anilines is 1. The Labute approximate surface area is 125 Å². The molecular weight excluding hydrogens is 299 g/mol. The number of rotatable bonds is 3. The van der Waals surface area contributed by atoms with Crippen molar-refractivity contribution in [3.8, 4) is 5.82 Å². The first kappa shape index (κ1) is 13.4. The van der Waals surface area contributed by atoms with Crippen molar-refractivity contribution in [3.63, 3.8) is 0 Å². The van der Waals surface area contributed by atoms with Gasteiger partial charge in [0.05, 0.1) is 17.3 Å². The zero-order valence-corrected chi connectivity index (χ0v) is 12.2. The number of hydrogen-bond acceptors (Lipinski definition) is 3. The van der Waals surface area contributed by atoms with Crippen LogP contribution in [0.3, 0.4) is 0 Å². The summed E-state index contributed by atoms with van der Waals surface area (Å²) in [7, 11) is 0. The zero-order valence-electron chi connectivity index (χ0n) is 10.7. The van der Waals surface area contributed by atoms with Gasteiger partial charge in [0.2, 0.25) is 5.91 Å². The molecule has 20 heavy (non-hydrogen) atoms. The number of nitrogens with one attached hydrogen (secondary N) is 1. The van der Waals surface area contributed by atoms with E-state index >= 15 is 0 Å². The van der Waals surface area contributed by atoms with Crippen molar-refractivity contribution in [2.75, 3.05) is 5.32 Å². The summed E-state index contributed by atoms with van der Waals surface area (Å²) in [5, 5.41) is 6.85. The molecule has 2 aromatic rings. The van der Waals surface area contributed by atoms with E-state index in [1.54, 1.807) is 42.3 Å². The first-order valence-electron chi connectivity index (χ1n) is 6.08. The summed E-state index contributed by atoms with van der Waals surface area (Å²) in [6.45, 7) is 1.74. The molecule has 3 rings (SSSR count). The maximum atomic E-state index is 12.1. The summed E-state index contributed by atoms with van der Waals surface area (Å²) in [5.41, 5.74) is -0.139. The molecule has 1 fully saturated rings. The van der Waals surface area contributed by atoms with Crippen LogP contribution in [-0.2, 0) is 4.79 Å². The Kier molecular flexibility index (Phi) is 2.99. The summed E-state index contributed by atoms with van der Waals surface area (Å²) < 4.78 is 0.663. The first-order valence-corrected chi connectivity index (χ1v) is 6.83. The van der Waals surface area contributed by atoms with Gasteiger partial charge in [0, 0.05) is 12.4 Å². The molecule has 0 radical (unpaired) electrons. The van der Waals surface area contributed by atoms with Crippen LogP contribution in [0.1, 0.15) is 13.3 Å². The van der Waals surface area contributed by atoms with Gasteiger partial charge in [-0.1, -0.05) is 0 Å². The van der Waals surface area contributed by atoms with E-state index in [0.29, 0.717) is 17.9 Å². The zero-order chi connectivity index (χ0) is 14.4. The lowest BCUT2D eigenvalue weighted by atomic mass is 10.1. The SMILES string of the molecule is C[C@@]1(C(=O)Nc2ccc(-n3cccn3)nc2)CC1(Cl)Cl. The van der Waals surface area contributed by atoms with Crippen molar-refractivity contribution in [3.05, 3.63) is 36.8 Å². The number of aromatic nitrogens is 3. The third kappa shape index (κ3) is 2.17. The molecule has 0 aromatic carbocycles. The van der Waals surface area contributed by atoms with Crippen molar-refractivity contribution in [2.24, 2.45) is 5.41 Å². The van der Waals surface area contributed by atoms with Gasteiger partial charge in [0.15, 0.2) is 5.82 Å². The van der Waals surface area contributed by atoms with E-state index in [-0.39, 0.29) is 5.91 Å². The third-order valence-electron chi connectivity index (χ3n) is 3.50. The quantitative estimate of drug-likeness (QED) is 0.887. The summed E-state index contributed by atoms with van der Waals surface area (Å²) in [6, 6.07) is 5.34. The minimum atomic E-state index is -0.973. The van der Waals surface area contributed by atoms with Gasteiger partial charge in [0.1, 0.15) is 4.33 Å². The molecule has 1 saturated carbocycles. The highest BCUT2D eigenvalue weighted by molar-refractivity contribution is 6.53. The van der Waals surface area contributed by atoms with Gasteiger partial charge < -0.3 is 5.32 Å². The number of halogens is 2. The van der Waals surface area contributed by atoms with Crippen LogP contribution < -0.4 is 5.32 Å². The predicted octanol–water partition coefficient (Wildman–Crippen LogP) is 2.79. The average Bonchev–Trinajstić information content (AvgIpc) is 2.83. The Hall–Kier alpha value is -1.59. The van der Waals surface area contributed by atoms with Gasteiger partial charge in [-0.2, -0.15) is 5.10 Å². The molecule has 0 bridgehead atoms. The van der Waals surface area contributed by atoms with E-state index in [2.05, 4.69) is 15.4 Å². The van der Waals surface area contributed by atoms with E-state index in [1.807, 2.05) is 6.07 Å². The van der Waals surface area contributed by atoms with E-state index in [1.165, 1.54) is 0 Å². The van der Waals surface area contributed by atoms with Gasteiger partial charge in [-0.15, -0.1) is 23.2 Å². The lowest BCUT2D eigenvalue weighted by Gasteiger charge is -2.12. The number of hydrogen-bond donors (Lipinski definition) is 1. The Balaban J connectivity index is 1.72. The van der Waals surface area contributed by atoms with Gasteiger partial charge in [0.25, 0.3) is 0 Å². The largest absolute Gasteiger partial charge is 0.324 e. The monoisotopic (exact) mass is 310 g/mol. The average molecular weight is 311 g/mol. The summed E-state index contributed by atoms with van der Waals surface area (Å²) >= 11 is 12.0. The molecule has 104 valence electrons. The molecule has 2 heterocycles. The highest BCUT2D eigenvalue weighted by Crippen LogP contribution is 2.64. The normalized spacial score (nSPS) is 23.4. The maximum absolute atomic E-state index is 12.1. The Morgan fingerprint density at radius 3 is 2.70 bits per heavy atom. The molecule has 1 N–H and O–H groups in total. The smallest absolute Gasteiger partial charge is 0.233 e. The number of nitrogens with zero attached hydrogens (tertiary/aromatic N) is 3. The number of alkyl halides is 2. The molecule has 7 heteroatoms. The minimum absolute atomic E-state index is 0.198. The first-order chi connectivity index (χ1) is 9.42. The fraction of sp³-hybridized carbons (Fsp3) is 0.308. The second kappa shape index (κ2) is 4.46. The van der Waals surface area contributed by atoms with E-state index in [4.69, 9.17) is 23.2 Å². The molecule has 1 aliphatic rings. The molecule has 2 aromatic heterocycles. The molecule has 0 spiro atoms.